The van der Waals surface area contributed by atoms with E-state index in [2.05, 4.69) is 23.8 Å². The normalized spacial score (nSPS) is 25.6. The summed E-state index contributed by atoms with van der Waals surface area (Å²) in [6.45, 7) is -0.744. The van der Waals surface area contributed by atoms with E-state index in [1.54, 1.807) is 0 Å². The molecule has 4 N–H and O–H groups in total. The second-order valence-electron chi connectivity index (χ2n) is 5.49. The molecule has 5 atom stereocenters. The number of nitrogens with zero attached hydrogens (tertiary/aromatic N) is 4. The number of nitrogens with two attached hydrogens (primary N) is 1. The number of aliphatic hydroxyl groups is 2. The van der Waals surface area contributed by atoms with E-state index in [1.165, 1.54) is 17.2 Å². The quantitative estimate of drug-likeness (QED) is 0.255. The van der Waals surface area contributed by atoms with E-state index in [0.29, 0.717) is 0 Å². The number of anilines is 1. The fraction of sp³-hybridized carbons (Fsp3) is 0.500. The number of hydrogen-bond donors (Lipinski definition) is 3. The van der Waals surface area contributed by atoms with Gasteiger partial charge >= 0.3 is 88.7 Å². The first kappa shape index (κ1) is 31.6. The molecule has 1 saturated heterocycles. The fourth-order valence-corrected chi connectivity index (χ4v) is 4.15. The largest absolute Gasteiger partial charge is 1.00 e. The van der Waals surface area contributed by atoms with Crippen LogP contribution in [0.3, 0.4) is 0 Å². The summed E-state index contributed by atoms with van der Waals surface area (Å²) in [7, 11) is -5.44. The van der Waals surface area contributed by atoms with Crippen molar-refractivity contribution in [1.82, 2.24) is 19.5 Å². The Morgan fingerprint density at radius 3 is 2.43 bits per heavy atom. The molecule has 0 unspecified atom stereocenters. The summed E-state index contributed by atoms with van der Waals surface area (Å²) in [6, 6.07) is 0. The molecule has 3 heterocycles. The van der Waals surface area contributed by atoms with E-state index in [4.69, 9.17) is 18.0 Å². The Balaban J connectivity index is 0.00000280. The van der Waals surface area contributed by atoms with Crippen molar-refractivity contribution in [3.63, 3.8) is 0 Å². The number of hydrogen-bond acceptors (Lipinski definition) is 13. The predicted molar refractivity (Wildman–Crippen MR) is 83.7 cm³/mol. The van der Waals surface area contributed by atoms with Gasteiger partial charge in [0.25, 0.3) is 0 Å². The molecule has 3 radical (unpaired) electrons. The zero-order chi connectivity index (χ0) is 20.0. The summed E-state index contributed by atoms with van der Waals surface area (Å²) >= 11 is 0. The van der Waals surface area contributed by atoms with Crippen LogP contribution in [0.25, 0.3) is 11.2 Å². The molecule has 0 aliphatic carbocycles. The maximum absolute atomic E-state index is 11.6. The predicted octanol–water partition coefficient (Wildman–Crippen LogP) is -11.8. The number of imidazole rings is 1. The third-order valence-electron chi connectivity index (χ3n) is 3.63. The Kier molecular flexibility index (Phi) is 13.0. The minimum atomic E-state index is -5.66. The Morgan fingerprint density at radius 1 is 1.20 bits per heavy atom. The van der Waals surface area contributed by atoms with Crippen molar-refractivity contribution < 1.29 is 131 Å². The van der Waals surface area contributed by atoms with Crippen LogP contribution in [0.4, 0.5) is 5.82 Å². The smallest absolute Gasteiger partial charge is 0.790 e. The molecule has 0 spiro atoms. The maximum Gasteiger partial charge on any atom is 1.00 e. The average Bonchev–Trinajstić information content (AvgIpc) is 3.07. The van der Waals surface area contributed by atoms with E-state index >= 15 is 0 Å². The van der Waals surface area contributed by atoms with Gasteiger partial charge in [0.15, 0.2) is 17.7 Å². The van der Waals surface area contributed by atoms with Crippen LogP contribution in [0.5, 0.6) is 0 Å². The van der Waals surface area contributed by atoms with Gasteiger partial charge in [-0.3, -0.25) is 4.57 Å². The molecule has 1 aliphatic rings. The first-order chi connectivity index (χ1) is 12.5. The summed E-state index contributed by atoms with van der Waals surface area (Å²) in [5, 5.41) is 20.3. The summed E-state index contributed by atoms with van der Waals surface area (Å²) in [5.74, 6) is 0.0903. The van der Waals surface area contributed by atoms with Gasteiger partial charge in [0.1, 0.15) is 30.2 Å². The van der Waals surface area contributed by atoms with Crippen LogP contribution in [0.1, 0.15) is 6.23 Å². The molecular weight excluding hydrogens is 476 g/mol. The number of ether oxygens (including phenoxy) is 1. The van der Waals surface area contributed by atoms with E-state index in [0.717, 1.165) is 0 Å². The minimum absolute atomic E-state index is 0. The monoisotopic (exact) mass is 488 g/mol. The van der Waals surface area contributed by atoms with Gasteiger partial charge in [-0.05, 0) is 0 Å². The molecule has 1 aliphatic heterocycles. The Morgan fingerprint density at radius 2 is 1.83 bits per heavy atom. The molecule has 2 aromatic heterocycles. The zero-order valence-electron chi connectivity index (χ0n) is 16.3. The molecule has 147 valence electrons. The molecule has 30 heavy (non-hydrogen) atoms. The van der Waals surface area contributed by atoms with Gasteiger partial charge in [0.2, 0.25) is 0 Å². The zero-order valence-corrected chi connectivity index (χ0v) is 24.1. The molecule has 3 rings (SSSR count). The van der Waals surface area contributed by atoms with Crippen LogP contribution in [0.15, 0.2) is 12.7 Å². The third kappa shape index (κ3) is 7.56. The van der Waals surface area contributed by atoms with E-state index in [-0.39, 0.29) is 106 Å². The molecular formula is C10H12BN5Na3O9P2. The molecule has 0 aromatic carbocycles. The summed E-state index contributed by atoms with van der Waals surface area (Å²) in [5.41, 5.74) is 6.13. The van der Waals surface area contributed by atoms with Gasteiger partial charge in [-0.2, -0.15) is 0 Å². The second kappa shape index (κ2) is 12.3. The Labute approximate surface area is 237 Å². The number of fused-ring (bicyclic) bond motifs is 1. The minimum Gasteiger partial charge on any atom is -0.790 e. The van der Waals surface area contributed by atoms with Crippen LogP contribution in [-0.4, -0.2) is 62.2 Å². The van der Waals surface area contributed by atoms with Crippen molar-refractivity contribution in [2.75, 3.05) is 12.3 Å². The molecule has 0 bridgehead atoms. The summed E-state index contributed by atoms with van der Waals surface area (Å²) in [6.07, 6.45) is -3.09. The van der Waals surface area contributed by atoms with E-state index < -0.39 is 46.4 Å². The fourth-order valence-electron chi connectivity index (χ4n) is 2.49. The van der Waals surface area contributed by atoms with Crippen molar-refractivity contribution in [2.45, 2.75) is 24.5 Å². The standard InChI is InChI=1S/C10H14BN5O9P2.3Na/c11-26(19,25-27(20,21)22)23-1-4-6(17)7(18)10(24-4)16-3-15-5-8(12)13-2-14-9(5)16;;;/h2-4,6-7,10,17-18H,1H2,(H2,12,13,14)(H2,20,21,22);;;/q-1;3*+1/p-2/t4-,6-,7-,10-,26+;;;/m1.../s1. The van der Waals surface area contributed by atoms with Gasteiger partial charge < -0.3 is 56.0 Å². The first-order valence-corrected chi connectivity index (χ1v) is 10.3. The molecule has 2 aromatic rings. The molecule has 1 fully saturated rings. The van der Waals surface area contributed by atoms with E-state index in [1.807, 2.05) is 0 Å². The molecule has 0 saturated carbocycles. The van der Waals surface area contributed by atoms with Crippen molar-refractivity contribution in [1.29, 1.82) is 0 Å². The van der Waals surface area contributed by atoms with Crippen molar-refractivity contribution in [3.8, 4) is 0 Å². The van der Waals surface area contributed by atoms with Gasteiger partial charge in [-0.1, -0.05) is 0 Å². The molecule has 0 amide bonds. The maximum atomic E-state index is 11.6. The first-order valence-electron chi connectivity index (χ1n) is 7.20. The Bertz CT molecular complexity index is 951. The molecule has 20 heteroatoms. The van der Waals surface area contributed by atoms with Crippen molar-refractivity contribution >= 4 is 39.8 Å². The number of nitrogen functional groups attached to an aromatic ring is 1. The number of rotatable bonds is 6. The number of aliphatic hydroxyl groups excluding tert-OH is 2. The number of phosphoric acid groups is 1. The van der Waals surface area contributed by atoms with Gasteiger partial charge in [0.05, 0.1) is 28.2 Å². The second-order valence-corrected chi connectivity index (χ2v) is 8.38. The van der Waals surface area contributed by atoms with Crippen LogP contribution in [0, 0.1) is 0 Å². The van der Waals surface area contributed by atoms with Gasteiger partial charge in [-0.25, -0.2) is 15.0 Å². The summed E-state index contributed by atoms with van der Waals surface area (Å²) < 4.78 is 37.0. The topological polar surface area (TPSA) is 218 Å². The van der Waals surface area contributed by atoms with Crippen LogP contribution < -0.4 is 104 Å². The molecule has 14 nitrogen and oxygen atoms in total. The van der Waals surface area contributed by atoms with Crippen LogP contribution >= 0.6 is 15.3 Å². The average molecular weight is 488 g/mol. The third-order valence-corrected chi connectivity index (χ3v) is 5.85. The SMILES string of the molecule is [B-][P@](=O)(OC[C@H]1O[C@@H](n2cnc3c(N)ncnc32)[C@H](O)[C@@H]1O)OP(=O)([O-])[O-].[Na+].[Na+].[Na+]. The van der Waals surface area contributed by atoms with Crippen LogP contribution in [0.2, 0.25) is 0 Å². The van der Waals surface area contributed by atoms with Gasteiger partial charge in [-0.15, -0.1) is 0 Å². The Hall–Kier alpha value is 1.59. The summed E-state index contributed by atoms with van der Waals surface area (Å²) in [4.78, 5) is 32.7. The van der Waals surface area contributed by atoms with Crippen molar-refractivity contribution in [3.05, 3.63) is 12.7 Å². The van der Waals surface area contributed by atoms with Crippen LogP contribution in [-0.2, 0) is 22.7 Å². The van der Waals surface area contributed by atoms with Crippen molar-refractivity contribution in [2.24, 2.45) is 0 Å². The number of aromatic nitrogens is 4. The van der Waals surface area contributed by atoms with E-state index in [9.17, 15) is 29.1 Å². The van der Waals surface area contributed by atoms with Gasteiger partial charge in [0, 0.05) is 0 Å².